The molecule has 2 heterocycles. The van der Waals surface area contributed by atoms with Gasteiger partial charge in [0.2, 0.25) is 0 Å². The van der Waals surface area contributed by atoms with Crippen LogP contribution in [0.25, 0.3) is 0 Å². The van der Waals surface area contributed by atoms with E-state index in [0.29, 0.717) is 6.42 Å². The SMILES string of the molecule is CN1C(=O)N=C(N)C12CCS(=O)(=O)C2. The zero-order valence-electron chi connectivity index (χ0n) is 7.73. The Hall–Kier alpha value is -1.11. The summed E-state index contributed by atoms with van der Waals surface area (Å²) in [5.41, 5.74) is 4.73. The molecular formula is C7H11N3O3S. The summed E-state index contributed by atoms with van der Waals surface area (Å²) in [7, 11) is -1.55. The van der Waals surface area contributed by atoms with Gasteiger partial charge in [0.15, 0.2) is 9.84 Å². The first-order valence-corrected chi connectivity index (χ1v) is 6.02. The van der Waals surface area contributed by atoms with Gasteiger partial charge in [-0.05, 0) is 6.42 Å². The highest BCUT2D eigenvalue weighted by Gasteiger charge is 2.53. The number of aliphatic imine (C=N–C) groups is 1. The highest BCUT2D eigenvalue weighted by molar-refractivity contribution is 7.91. The molecule has 1 saturated heterocycles. The van der Waals surface area contributed by atoms with E-state index in [4.69, 9.17) is 5.73 Å². The quantitative estimate of drug-likeness (QED) is 0.561. The normalized spacial score (nSPS) is 35.4. The lowest BCUT2D eigenvalue weighted by atomic mass is 9.97. The van der Waals surface area contributed by atoms with Crippen LogP contribution in [0.15, 0.2) is 4.99 Å². The first-order chi connectivity index (χ1) is 6.37. The van der Waals surface area contributed by atoms with Crippen molar-refractivity contribution in [3.05, 3.63) is 0 Å². The fourth-order valence-electron chi connectivity index (χ4n) is 1.94. The summed E-state index contributed by atoms with van der Waals surface area (Å²) < 4.78 is 22.7. The van der Waals surface area contributed by atoms with Crippen molar-refractivity contribution < 1.29 is 13.2 Å². The Morgan fingerprint density at radius 3 is 2.57 bits per heavy atom. The molecule has 7 heteroatoms. The molecule has 1 unspecified atom stereocenters. The van der Waals surface area contributed by atoms with Crippen LogP contribution in [0.5, 0.6) is 0 Å². The molecule has 2 aliphatic heterocycles. The Kier molecular flexibility index (Phi) is 1.67. The largest absolute Gasteiger partial charge is 0.385 e. The van der Waals surface area contributed by atoms with Crippen LogP contribution in [0, 0.1) is 0 Å². The van der Waals surface area contributed by atoms with Gasteiger partial charge in [-0.25, -0.2) is 13.2 Å². The van der Waals surface area contributed by atoms with Crippen molar-refractivity contribution in [2.24, 2.45) is 10.7 Å². The van der Waals surface area contributed by atoms with Crippen LogP contribution >= 0.6 is 0 Å². The summed E-state index contributed by atoms with van der Waals surface area (Å²) in [4.78, 5) is 16.1. The Labute approximate surface area is 81.7 Å². The molecule has 2 aliphatic rings. The van der Waals surface area contributed by atoms with Gasteiger partial charge in [0.05, 0.1) is 11.5 Å². The molecule has 2 amide bonds. The molecule has 0 radical (unpaired) electrons. The second-order valence-corrected chi connectivity index (χ2v) is 5.90. The maximum atomic E-state index is 11.3. The van der Waals surface area contributed by atoms with Crippen LogP contribution < -0.4 is 5.73 Å². The van der Waals surface area contributed by atoms with E-state index < -0.39 is 21.4 Å². The van der Waals surface area contributed by atoms with Crippen LogP contribution in [0.1, 0.15) is 6.42 Å². The first kappa shape index (κ1) is 9.45. The minimum Gasteiger partial charge on any atom is -0.385 e. The number of nitrogens with two attached hydrogens (primary N) is 1. The monoisotopic (exact) mass is 217 g/mol. The lowest BCUT2D eigenvalue weighted by molar-refractivity contribution is 0.199. The maximum Gasteiger partial charge on any atom is 0.345 e. The van der Waals surface area contributed by atoms with Crippen molar-refractivity contribution in [3.63, 3.8) is 0 Å². The average molecular weight is 217 g/mol. The molecule has 6 nitrogen and oxygen atoms in total. The number of nitrogens with zero attached hydrogens (tertiary/aromatic N) is 2. The van der Waals surface area contributed by atoms with E-state index in [0.717, 1.165) is 0 Å². The Bertz CT molecular complexity index is 427. The number of amidine groups is 1. The molecule has 2 N–H and O–H groups in total. The van der Waals surface area contributed by atoms with Gasteiger partial charge < -0.3 is 10.6 Å². The molecule has 2 rings (SSSR count). The Morgan fingerprint density at radius 2 is 2.21 bits per heavy atom. The summed E-state index contributed by atoms with van der Waals surface area (Å²) in [6.07, 6.45) is 0.354. The van der Waals surface area contributed by atoms with E-state index in [1.54, 1.807) is 0 Å². The van der Waals surface area contributed by atoms with Gasteiger partial charge >= 0.3 is 6.03 Å². The van der Waals surface area contributed by atoms with Gasteiger partial charge in [-0.15, -0.1) is 0 Å². The average Bonchev–Trinajstić information content (AvgIpc) is 2.49. The predicted molar refractivity (Wildman–Crippen MR) is 50.8 cm³/mol. The van der Waals surface area contributed by atoms with Crippen molar-refractivity contribution in [2.75, 3.05) is 18.6 Å². The van der Waals surface area contributed by atoms with Gasteiger partial charge in [-0.2, -0.15) is 4.99 Å². The van der Waals surface area contributed by atoms with Crippen molar-refractivity contribution >= 4 is 21.7 Å². The van der Waals surface area contributed by atoms with Gasteiger partial charge in [-0.1, -0.05) is 0 Å². The van der Waals surface area contributed by atoms with E-state index in [9.17, 15) is 13.2 Å². The number of rotatable bonds is 0. The molecule has 1 fully saturated rings. The molecule has 0 aromatic carbocycles. The number of urea groups is 1. The molecule has 1 atom stereocenters. The second-order valence-electron chi connectivity index (χ2n) is 3.71. The summed E-state index contributed by atoms with van der Waals surface area (Å²) in [5, 5.41) is 0. The van der Waals surface area contributed by atoms with E-state index >= 15 is 0 Å². The standard InChI is InChI=1S/C7H11N3O3S/c1-10-6(11)9-5(8)7(10)2-3-14(12,13)4-7/h2-4H2,1H3,(H2,8,9,11). The van der Waals surface area contributed by atoms with Gasteiger partial charge in [0.1, 0.15) is 11.4 Å². The summed E-state index contributed by atoms with van der Waals surface area (Å²) in [6, 6.07) is -0.459. The van der Waals surface area contributed by atoms with Gasteiger partial charge in [0.25, 0.3) is 0 Å². The molecule has 78 valence electrons. The Balaban J connectivity index is 2.45. The molecule has 0 saturated carbocycles. The number of carbonyl (C=O) groups is 1. The van der Waals surface area contributed by atoms with E-state index in [-0.39, 0.29) is 17.3 Å². The van der Waals surface area contributed by atoms with Crippen LogP contribution in [-0.4, -0.2) is 49.3 Å². The van der Waals surface area contributed by atoms with Crippen LogP contribution in [0.2, 0.25) is 0 Å². The third-order valence-electron chi connectivity index (χ3n) is 2.91. The zero-order chi connectivity index (χ0) is 10.6. The number of carbonyl (C=O) groups excluding carboxylic acids is 1. The topological polar surface area (TPSA) is 92.8 Å². The highest BCUT2D eigenvalue weighted by Crippen LogP contribution is 2.33. The number of hydrogen-bond acceptors (Lipinski definition) is 4. The van der Waals surface area contributed by atoms with Gasteiger partial charge in [-0.3, -0.25) is 0 Å². The smallest absolute Gasteiger partial charge is 0.345 e. The van der Waals surface area contributed by atoms with Crippen LogP contribution in [-0.2, 0) is 9.84 Å². The van der Waals surface area contributed by atoms with Crippen LogP contribution in [0.3, 0.4) is 0 Å². The van der Waals surface area contributed by atoms with Crippen molar-refractivity contribution in [2.45, 2.75) is 12.0 Å². The minimum absolute atomic E-state index is 0.0703. The summed E-state index contributed by atoms with van der Waals surface area (Å²) in [5.74, 6) is 0.101. The van der Waals surface area contributed by atoms with E-state index in [2.05, 4.69) is 4.99 Å². The number of sulfone groups is 1. The maximum absolute atomic E-state index is 11.3. The fraction of sp³-hybridized carbons (Fsp3) is 0.714. The Morgan fingerprint density at radius 1 is 1.57 bits per heavy atom. The second kappa shape index (κ2) is 2.47. The summed E-state index contributed by atoms with van der Waals surface area (Å²) in [6.45, 7) is 0. The number of likely N-dealkylation sites (N-methyl/N-ethyl adjacent to an activating group) is 1. The lowest BCUT2D eigenvalue weighted by Crippen LogP contribution is -2.53. The molecule has 0 bridgehead atoms. The molecule has 0 aliphatic carbocycles. The lowest BCUT2D eigenvalue weighted by Gasteiger charge is -2.29. The molecular weight excluding hydrogens is 206 g/mol. The van der Waals surface area contributed by atoms with E-state index in [1.807, 2.05) is 0 Å². The third-order valence-corrected chi connectivity index (χ3v) is 4.65. The van der Waals surface area contributed by atoms with E-state index in [1.165, 1.54) is 11.9 Å². The van der Waals surface area contributed by atoms with Gasteiger partial charge in [0, 0.05) is 7.05 Å². The molecule has 0 aromatic heterocycles. The van der Waals surface area contributed by atoms with Crippen LogP contribution in [0.4, 0.5) is 4.79 Å². The highest BCUT2D eigenvalue weighted by atomic mass is 32.2. The van der Waals surface area contributed by atoms with Crippen molar-refractivity contribution in [1.29, 1.82) is 0 Å². The van der Waals surface area contributed by atoms with Crippen molar-refractivity contribution in [3.8, 4) is 0 Å². The number of amides is 2. The predicted octanol–water partition coefficient (Wildman–Crippen LogP) is -1.03. The number of hydrogen-bond donors (Lipinski definition) is 1. The van der Waals surface area contributed by atoms with Crippen molar-refractivity contribution in [1.82, 2.24) is 4.90 Å². The minimum atomic E-state index is -3.08. The third kappa shape index (κ3) is 1.05. The summed E-state index contributed by atoms with van der Waals surface area (Å²) >= 11 is 0. The fourth-order valence-corrected chi connectivity index (χ4v) is 3.94. The first-order valence-electron chi connectivity index (χ1n) is 4.20. The zero-order valence-corrected chi connectivity index (χ0v) is 8.54. The molecule has 1 spiro atoms. The molecule has 14 heavy (non-hydrogen) atoms. The molecule has 0 aromatic rings.